The summed E-state index contributed by atoms with van der Waals surface area (Å²) in [6, 6.07) is 1.29. The van der Waals surface area contributed by atoms with E-state index < -0.39 is 0 Å². The molecular weight excluding hydrogens is 220 g/mol. The third-order valence-electron chi connectivity index (χ3n) is 3.21. The first-order valence-corrected chi connectivity index (χ1v) is 8.09. The Hall–Kier alpha value is -0.0800. The highest BCUT2D eigenvalue weighted by Crippen LogP contribution is 2.08. The van der Waals surface area contributed by atoms with Gasteiger partial charge in [-0.2, -0.15) is 0 Å². The maximum absolute atomic E-state index is 3.47. The van der Waals surface area contributed by atoms with Gasteiger partial charge in [-0.15, -0.1) is 0 Å². The molecule has 18 heavy (non-hydrogen) atoms. The summed E-state index contributed by atoms with van der Waals surface area (Å²) < 4.78 is 0. The quantitative estimate of drug-likeness (QED) is 0.485. The molecule has 0 saturated carbocycles. The summed E-state index contributed by atoms with van der Waals surface area (Å²) in [7, 11) is 0. The van der Waals surface area contributed by atoms with E-state index in [1.54, 1.807) is 0 Å². The number of unbranched alkanes of at least 4 members (excludes halogenated alkanes) is 7. The molecule has 0 aliphatic carbocycles. The monoisotopic (exact) mass is 256 g/mol. The standard InChI is InChI=1S/C16H36N2/c1-15(2)17-13-11-9-7-5-6-8-10-12-14-18-16(3)4/h15-18H,5-14H2,1-4H3. The lowest BCUT2D eigenvalue weighted by Gasteiger charge is -2.08. The van der Waals surface area contributed by atoms with Crippen LogP contribution in [0.5, 0.6) is 0 Å². The topological polar surface area (TPSA) is 24.1 Å². The van der Waals surface area contributed by atoms with Crippen molar-refractivity contribution in [1.29, 1.82) is 0 Å². The van der Waals surface area contributed by atoms with Gasteiger partial charge in [-0.3, -0.25) is 0 Å². The van der Waals surface area contributed by atoms with Crippen LogP contribution in [0.25, 0.3) is 0 Å². The highest BCUT2D eigenvalue weighted by Gasteiger charge is 1.95. The van der Waals surface area contributed by atoms with E-state index in [1.807, 2.05) is 0 Å². The Bertz CT molecular complexity index is 137. The summed E-state index contributed by atoms with van der Waals surface area (Å²) in [5.41, 5.74) is 0. The van der Waals surface area contributed by atoms with Crippen LogP contribution in [0, 0.1) is 0 Å². The zero-order chi connectivity index (χ0) is 13.6. The van der Waals surface area contributed by atoms with Crippen molar-refractivity contribution in [3.63, 3.8) is 0 Å². The second-order valence-electron chi connectivity index (χ2n) is 6.05. The predicted molar refractivity (Wildman–Crippen MR) is 83.2 cm³/mol. The minimum absolute atomic E-state index is 0.643. The molecule has 0 saturated heterocycles. The number of hydrogen-bond acceptors (Lipinski definition) is 2. The Morgan fingerprint density at radius 1 is 0.500 bits per heavy atom. The fourth-order valence-electron chi connectivity index (χ4n) is 2.09. The fraction of sp³-hybridized carbons (Fsp3) is 1.00. The Labute approximate surface area is 115 Å². The average Bonchev–Trinajstić information content (AvgIpc) is 2.29. The molecule has 0 aromatic rings. The van der Waals surface area contributed by atoms with Crippen molar-refractivity contribution in [3.05, 3.63) is 0 Å². The van der Waals surface area contributed by atoms with Crippen LogP contribution in [0.4, 0.5) is 0 Å². The van der Waals surface area contributed by atoms with Gasteiger partial charge >= 0.3 is 0 Å². The Balaban J connectivity index is 2.95. The van der Waals surface area contributed by atoms with Crippen molar-refractivity contribution >= 4 is 0 Å². The van der Waals surface area contributed by atoms with Crippen molar-refractivity contribution < 1.29 is 0 Å². The van der Waals surface area contributed by atoms with E-state index in [1.165, 1.54) is 64.5 Å². The molecule has 0 radical (unpaired) electrons. The van der Waals surface area contributed by atoms with E-state index >= 15 is 0 Å². The summed E-state index contributed by atoms with van der Waals surface area (Å²) >= 11 is 0. The van der Waals surface area contributed by atoms with E-state index in [0.29, 0.717) is 12.1 Å². The molecule has 0 fully saturated rings. The number of rotatable bonds is 13. The second kappa shape index (κ2) is 13.4. The summed E-state index contributed by atoms with van der Waals surface area (Å²) in [6.45, 7) is 11.3. The summed E-state index contributed by atoms with van der Waals surface area (Å²) in [5, 5.41) is 6.95. The van der Waals surface area contributed by atoms with Crippen LogP contribution in [-0.2, 0) is 0 Å². The van der Waals surface area contributed by atoms with E-state index in [4.69, 9.17) is 0 Å². The molecule has 0 bridgehead atoms. The molecule has 0 heterocycles. The van der Waals surface area contributed by atoms with E-state index in [-0.39, 0.29) is 0 Å². The molecule has 0 amide bonds. The summed E-state index contributed by atoms with van der Waals surface area (Å²) in [4.78, 5) is 0. The van der Waals surface area contributed by atoms with Crippen molar-refractivity contribution in [2.24, 2.45) is 0 Å². The lowest BCUT2D eigenvalue weighted by atomic mass is 10.1. The molecule has 0 rings (SSSR count). The highest BCUT2D eigenvalue weighted by atomic mass is 14.9. The molecule has 0 aliphatic heterocycles. The molecule has 0 aliphatic rings. The number of nitrogens with one attached hydrogen (secondary N) is 2. The van der Waals surface area contributed by atoms with Gasteiger partial charge in [-0.1, -0.05) is 66.2 Å². The molecule has 0 aromatic heterocycles. The summed E-state index contributed by atoms with van der Waals surface area (Å²) in [6.07, 6.45) is 11.2. The van der Waals surface area contributed by atoms with Gasteiger partial charge in [0.2, 0.25) is 0 Å². The van der Waals surface area contributed by atoms with E-state index in [9.17, 15) is 0 Å². The van der Waals surface area contributed by atoms with Gasteiger partial charge in [0.25, 0.3) is 0 Å². The third-order valence-corrected chi connectivity index (χ3v) is 3.21. The van der Waals surface area contributed by atoms with Gasteiger partial charge in [0.05, 0.1) is 0 Å². The van der Waals surface area contributed by atoms with E-state index in [0.717, 1.165) is 0 Å². The minimum atomic E-state index is 0.643. The van der Waals surface area contributed by atoms with Crippen LogP contribution in [0.1, 0.15) is 79.1 Å². The molecule has 0 unspecified atom stereocenters. The zero-order valence-corrected chi connectivity index (χ0v) is 13.2. The average molecular weight is 256 g/mol. The normalized spacial score (nSPS) is 11.7. The maximum Gasteiger partial charge on any atom is 0.00103 e. The van der Waals surface area contributed by atoms with Crippen LogP contribution in [0.15, 0.2) is 0 Å². The van der Waals surface area contributed by atoms with Gasteiger partial charge in [0.15, 0.2) is 0 Å². The zero-order valence-electron chi connectivity index (χ0n) is 13.2. The lowest BCUT2D eigenvalue weighted by Crippen LogP contribution is -2.23. The number of hydrogen-bond donors (Lipinski definition) is 2. The molecule has 110 valence electrons. The first-order valence-electron chi connectivity index (χ1n) is 8.09. The van der Waals surface area contributed by atoms with Crippen molar-refractivity contribution in [3.8, 4) is 0 Å². The summed E-state index contributed by atoms with van der Waals surface area (Å²) in [5.74, 6) is 0. The SMILES string of the molecule is CC(C)NCCCCCCCCCCNC(C)C. The van der Waals surface area contributed by atoms with Crippen LogP contribution >= 0.6 is 0 Å². The van der Waals surface area contributed by atoms with Crippen molar-refractivity contribution in [2.45, 2.75) is 91.1 Å². The molecule has 2 nitrogen and oxygen atoms in total. The minimum Gasteiger partial charge on any atom is -0.315 e. The van der Waals surface area contributed by atoms with Gasteiger partial charge in [-0.05, 0) is 25.9 Å². The second-order valence-corrected chi connectivity index (χ2v) is 6.05. The molecule has 0 atom stereocenters. The Morgan fingerprint density at radius 3 is 1.06 bits per heavy atom. The van der Waals surface area contributed by atoms with Crippen molar-refractivity contribution in [1.82, 2.24) is 10.6 Å². The molecule has 2 heteroatoms. The highest BCUT2D eigenvalue weighted by molar-refractivity contribution is 4.55. The van der Waals surface area contributed by atoms with Crippen LogP contribution in [-0.4, -0.2) is 25.2 Å². The van der Waals surface area contributed by atoms with Crippen LogP contribution in [0.3, 0.4) is 0 Å². The lowest BCUT2D eigenvalue weighted by molar-refractivity contribution is 0.514. The van der Waals surface area contributed by atoms with Gasteiger partial charge in [0.1, 0.15) is 0 Å². The molecule has 0 aromatic carbocycles. The molecule has 0 spiro atoms. The Kier molecular flexibility index (Phi) is 13.3. The first kappa shape index (κ1) is 17.9. The Morgan fingerprint density at radius 2 is 0.778 bits per heavy atom. The van der Waals surface area contributed by atoms with Gasteiger partial charge < -0.3 is 10.6 Å². The van der Waals surface area contributed by atoms with Gasteiger partial charge in [0, 0.05) is 12.1 Å². The first-order chi connectivity index (χ1) is 8.63. The smallest absolute Gasteiger partial charge is 0.00103 e. The third kappa shape index (κ3) is 15.9. The fourth-order valence-corrected chi connectivity index (χ4v) is 2.09. The predicted octanol–water partition coefficient (Wildman–Crippen LogP) is 4.10. The largest absolute Gasteiger partial charge is 0.315 e. The van der Waals surface area contributed by atoms with Crippen molar-refractivity contribution in [2.75, 3.05) is 13.1 Å². The van der Waals surface area contributed by atoms with Gasteiger partial charge in [-0.25, -0.2) is 0 Å². The maximum atomic E-state index is 3.47. The molecular formula is C16H36N2. The van der Waals surface area contributed by atoms with Crippen LogP contribution < -0.4 is 10.6 Å². The van der Waals surface area contributed by atoms with Crippen LogP contribution in [0.2, 0.25) is 0 Å². The molecule has 2 N–H and O–H groups in total. The van der Waals surface area contributed by atoms with E-state index in [2.05, 4.69) is 38.3 Å².